The summed E-state index contributed by atoms with van der Waals surface area (Å²) < 4.78 is 39.7. The number of nitriles is 1. The molecule has 2 aromatic carbocycles. The van der Waals surface area contributed by atoms with Crippen molar-refractivity contribution in [1.29, 1.82) is 5.26 Å². The predicted octanol–water partition coefficient (Wildman–Crippen LogP) is 4.22. The van der Waals surface area contributed by atoms with Crippen LogP contribution in [0.25, 0.3) is 0 Å². The average Bonchev–Trinajstić information content (AvgIpc) is 2.89. The number of benzene rings is 2. The molecule has 1 heterocycles. The lowest BCUT2D eigenvalue weighted by Crippen LogP contribution is -2.40. The fourth-order valence-electron chi connectivity index (χ4n) is 3.28. The number of hydrogen-bond acceptors (Lipinski definition) is 4. The molecule has 0 unspecified atom stereocenters. The Balaban J connectivity index is 1.94. The number of nitrogens with two attached hydrogens (primary N) is 1. The van der Waals surface area contributed by atoms with Crippen LogP contribution >= 0.6 is 0 Å². The van der Waals surface area contributed by atoms with Gasteiger partial charge in [-0.05, 0) is 56.3 Å². The van der Waals surface area contributed by atoms with Gasteiger partial charge >= 0.3 is 6.18 Å². The largest absolute Gasteiger partial charge is 0.417 e. The fraction of sp³-hybridized carbons (Fsp3) is 0.316. The van der Waals surface area contributed by atoms with Gasteiger partial charge in [-0.15, -0.1) is 0 Å². The molecule has 0 spiro atoms. The normalized spacial score (nSPS) is 16.6. The van der Waals surface area contributed by atoms with Crippen LogP contribution < -0.4 is 15.5 Å². The summed E-state index contributed by atoms with van der Waals surface area (Å²) in [7, 11) is 0. The third-order valence-electron chi connectivity index (χ3n) is 4.62. The first kappa shape index (κ1) is 17.9. The Morgan fingerprint density at radius 3 is 2.27 bits per heavy atom. The highest BCUT2D eigenvalue weighted by atomic mass is 19.4. The van der Waals surface area contributed by atoms with E-state index in [1.807, 2.05) is 30.9 Å². The first-order valence-electron chi connectivity index (χ1n) is 8.11. The van der Waals surface area contributed by atoms with Gasteiger partial charge < -0.3 is 15.5 Å². The van der Waals surface area contributed by atoms with Gasteiger partial charge in [-0.2, -0.15) is 18.4 Å². The highest BCUT2D eigenvalue weighted by Gasteiger charge is 2.39. The Hall–Kier alpha value is -2.88. The summed E-state index contributed by atoms with van der Waals surface area (Å²) in [5.74, 6) is 0. The van der Waals surface area contributed by atoms with E-state index in [1.54, 1.807) is 24.3 Å². The lowest BCUT2D eigenvalue weighted by atomic mass is 10.0. The van der Waals surface area contributed by atoms with Crippen molar-refractivity contribution in [1.82, 2.24) is 0 Å². The highest BCUT2D eigenvalue weighted by Crippen LogP contribution is 2.37. The lowest BCUT2D eigenvalue weighted by molar-refractivity contribution is -0.137. The van der Waals surface area contributed by atoms with Crippen molar-refractivity contribution in [3.8, 4) is 6.07 Å². The summed E-state index contributed by atoms with van der Waals surface area (Å²) in [6, 6.07) is 12.9. The van der Waals surface area contributed by atoms with E-state index in [0.717, 1.165) is 11.8 Å². The Bertz CT molecular complexity index is 851. The van der Waals surface area contributed by atoms with Crippen molar-refractivity contribution in [2.24, 2.45) is 0 Å². The molecular formula is C19H19F3N4. The molecule has 1 saturated heterocycles. The van der Waals surface area contributed by atoms with E-state index in [9.17, 15) is 13.2 Å². The van der Waals surface area contributed by atoms with Gasteiger partial charge in [0.25, 0.3) is 0 Å². The molecule has 0 bridgehead atoms. The van der Waals surface area contributed by atoms with Gasteiger partial charge in [0.2, 0.25) is 0 Å². The van der Waals surface area contributed by atoms with Gasteiger partial charge in [-0.1, -0.05) is 0 Å². The molecular weight excluding hydrogens is 341 g/mol. The Kier molecular flexibility index (Phi) is 4.23. The molecule has 136 valence electrons. The molecule has 3 rings (SSSR count). The first-order chi connectivity index (χ1) is 12.1. The zero-order valence-corrected chi connectivity index (χ0v) is 14.5. The molecule has 0 atom stereocenters. The lowest BCUT2D eigenvalue weighted by Gasteiger charge is -2.31. The fourth-order valence-corrected chi connectivity index (χ4v) is 3.28. The van der Waals surface area contributed by atoms with E-state index in [2.05, 4.69) is 4.90 Å². The number of nitrogens with zero attached hydrogens (tertiary/aromatic N) is 3. The Morgan fingerprint density at radius 1 is 1.08 bits per heavy atom. The maximum atomic E-state index is 13.2. The smallest absolute Gasteiger partial charge is 0.399 e. The van der Waals surface area contributed by atoms with Gasteiger partial charge in [-0.25, -0.2) is 0 Å². The molecule has 0 aliphatic carbocycles. The zero-order valence-electron chi connectivity index (χ0n) is 14.5. The number of nitrogen functional groups attached to an aromatic ring is 1. The van der Waals surface area contributed by atoms with Gasteiger partial charge in [0.05, 0.1) is 29.4 Å². The number of rotatable bonds is 2. The number of halogens is 3. The van der Waals surface area contributed by atoms with E-state index in [1.165, 1.54) is 6.07 Å². The minimum absolute atomic E-state index is 0.275. The van der Waals surface area contributed by atoms with Crippen LogP contribution in [0.5, 0.6) is 0 Å². The van der Waals surface area contributed by atoms with Gasteiger partial charge in [-0.3, -0.25) is 0 Å². The minimum Gasteiger partial charge on any atom is -0.399 e. The predicted molar refractivity (Wildman–Crippen MR) is 95.8 cm³/mol. The second-order valence-corrected chi connectivity index (χ2v) is 7.01. The molecule has 4 nitrogen and oxygen atoms in total. The van der Waals surface area contributed by atoms with Crippen LogP contribution in [0.2, 0.25) is 0 Å². The van der Waals surface area contributed by atoms with Gasteiger partial charge in [0, 0.05) is 23.6 Å². The summed E-state index contributed by atoms with van der Waals surface area (Å²) >= 11 is 0. The molecule has 0 saturated carbocycles. The number of anilines is 3. The van der Waals surface area contributed by atoms with Crippen LogP contribution in [0.15, 0.2) is 42.5 Å². The molecule has 0 aromatic heterocycles. The molecule has 0 radical (unpaired) electrons. The van der Waals surface area contributed by atoms with E-state index >= 15 is 0 Å². The van der Waals surface area contributed by atoms with Crippen molar-refractivity contribution < 1.29 is 13.2 Å². The van der Waals surface area contributed by atoms with Gasteiger partial charge in [0.15, 0.2) is 0 Å². The van der Waals surface area contributed by atoms with Crippen LogP contribution in [-0.2, 0) is 6.18 Å². The average molecular weight is 360 g/mol. The van der Waals surface area contributed by atoms with E-state index in [0.29, 0.717) is 24.6 Å². The standard InChI is InChI=1S/C19H19F3N4/c1-18(2)11-25(12-26(18)15-7-4-14(24)5-8-15)16-6-3-13(10-23)17(9-16)19(20,21)22/h3-9H,11-12,24H2,1-2H3. The van der Waals surface area contributed by atoms with Crippen molar-refractivity contribution in [3.05, 3.63) is 53.6 Å². The van der Waals surface area contributed by atoms with Crippen molar-refractivity contribution in [3.63, 3.8) is 0 Å². The van der Waals surface area contributed by atoms with Crippen molar-refractivity contribution >= 4 is 17.1 Å². The van der Waals surface area contributed by atoms with E-state index < -0.39 is 11.7 Å². The van der Waals surface area contributed by atoms with E-state index in [-0.39, 0.29) is 11.1 Å². The summed E-state index contributed by atoms with van der Waals surface area (Å²) in [6.45, 7) is 5.08. The maximum Gasteiger partial charge on any atom is 0.417 e. The van der Waals surface area contributed by atoms with Crippen LogP contribution in [0.4, 0.5) is 30.2 Å². The maximum absolute atomic E-state index is 13.2. The second-order valence-electron chi connectivity index (χ2n) is 7.01. The van der Waals surface area contributed by atoms with Crippen LogP contribution in [-0.4, -0.2) is 18.8 Å². The molecule has 1 aliphatic rings. The van der Waals surface area contributed by atoms with Crippen LogP contribution in [0.3, 0.4) is 0 Å². The molecule has 1 fully saturated rings. The zero-order chi connectivity index (χ0) is 19.1. The highest BCUT2D eigenvalue weighted by molar-refractivity contribution is 5.61. The molecule has 26 heavy (non-hydrogen) atoms. The van der Waals surface area contributed by atoms with Gasteiger partial charge in [0.1, 0.15) is 0 Å². The summed E-state index contributed by atoms with van der Waals surface area (Å²) in [4.78, 5) is 4.00. The van der Waals surface area contributed by atoms with E-state index in [4.69, 9.17) is 11.0 Å². The van der Waals surface area contributed by atoms with Crippen LogP contribution in [0.1, 0.15) is 25.0 Å². The summed E-state index contributed by atoms with van der Waals surface area (Å²) in [5.41, 5.74) is 6.25. The minimum atomic E-state index is -4.56. The number of alkyl halides is 3. The molecule has 2 aromatic rings. The SMILES string of the molecule is CC1(C)CN(c2ccc(C#N)c(C(F)(F)F)c2)CN1c1ccc(N)cc1. The second kappa shape index (κ2) is 6.13. The topological polar surface area (TPSA) is 56.3 Å². The monoisotopic (exact) mass is 360 g/mol. The summed E-state index contributed by atoms with van der Waals surface area (Å²) in [6.07, 6.45) is -4.56. The first-order valence-corrected chi connectivity index (χ1v) is 8.11. The van der Waals surface area contributed by atoms with Crippen molar-refractivity contribution in [2.75, 3.05) is 28.7 Å². The number of hydrogen-bond donors (Lipinski definition) is 1. The molecule has 7 heteroatoms. The molecule has 2 N–H and O–H groups in total. The molecule has 1 aliphatic heterocycles. The van der Waals surface area contributed by atoms with Crippen LogP contribution in [0, 0.1) is 11.3 Å². The Morgan fingerprint density at radius 2 is 1.69 bits per heavy atom. The Labute approximate surface area is 150 Å². The summed E-state index contributed by atoms with van der Waals surface area (Å²) in [5, 5.41) is 8.95. The molecule has 0 amide bonds. The quantitative estimate of drug-likeness (QED) is 0.815. The third-order valence-corrected chi connectivity index (χ3v) is 4.62. The third kappa shape index (κ3) is 3.27. The van der Waals surface area contributed by atoms with Crippen molar-refractivity contribution in [2.45, 2.75) is 25.6 Å².